The summed E-state index contributed by atoms with van der Waals surface area (Å²) in [4.78, 5) is 21.0. The number of carbonyl (C=O) groups is 1. The standard InChI is InChI=1S/C21H20N4O3/c1-12-3-8-15-16(9-12)24-20(23-15)18-17(26)11-25(19(18)22)10-13-4-6-14(7-5-13)21(27)28-2/h3-9,22,26H,10-11H2,1-2H3,(H,23,24). The Labute approximate surface area is 161 Å². The third-order valence-electron chi connectivity index (χ3n) is 4.80. The lowest BCUT2D eigenvalue weighted by Crippen LogP contribution is -2.26. The van der Waals surface area contributed by atoms with Gasteiger partial charge in [0.1, 0.15) is 17.4 Å². The lowest BCUT2D eigenvalue weighted by Gasteiger charge is -2.18. The van der Waals surface area contributed by atoms with E-state index in [-0.39, 0.29) is 24.1 Å². The number of aliphatic hydroxyl groups is 1. The Morgan fingerprint density at radius 3 is 2.75 bits per heavy atom. The molecular weight excluding hydrogens is 356 g/mol. The summed E-state index contributed by atoms with van der Waals surface area (Å²) < 4.78 is 4.70. The minimum atomic E-state index is -0.387. The Morgan fingerprint density at radius 1 is 1.29 bits per heavy atom. The number of rotatable bonds is 4. The molecule has 0 amide bonds. The number of aryl methyl sites for hydroxylation is 1. The average Bonchev–Trinajstić information content (AvgIpc) is 3.21. The molecule has 3 aromatic rings. The molecule has 7 nitrogen and oxygen atoms in total. The van der Waals surface area contributed by atoms with E-state index in [9.17, 15) is 9.90 Å². The number of methoxy groups -OCH3 is 1. The zero-order valence-corrected chi connectivity index (χ0v) is 15.6. The van der Waals surface area contributed by atoms with E-state index >= 15 is 0 Å². The van der Waals surface area contributed by atoms with Crippen LogP contribution >= 0.6 is 0 Å². The van der Waals surface area contributed by atoms with Gasteiger partial charge in [-0.2, -0.15) is 0 Å². The molecular formula is C21H20N4O3. The fraction of sp³-hybridized carbons (Fsp3) is 0.190. The van der Waals surface area contributed by atoms with E-state index in [4.69, 9.17) is 10.1 Å². The molecule has 1 aliphatic rings. The molecule has 2 heterocycles. The first-order valence-corrected chi connectivity index (χ1v) is 8.86. The normalized spacial score (nSPS) is 14.2. The summed E-state index contributed by atoms with van der Waals surface area (Å²) in [6.45, 7) is 2.68. The number of ether oxygens (including phenoxy) is 1. The topological polar surface area (TPSA) is 102 Å². The minimum absolute atomic E-state index is 0.118. The lowest BCUT2D eigenvalue weighted by atomic mass is 10.1. The molecule has 0 saturated heterocycles. The smallest absolute Gasteiger partial charge is 0.337 e. The molecule has 142 valence electrons. The van der Waals surface area contributed by atoms with Crippen LogP contribution in [-0.2, 0) is 11.3 Å². The number of esters is 1. The van der Waals surface area contributed by atoms with Gasteiger partial charge in [0.15, 0.2) is 0 Å². The number of carbonyl (C=O) groups excluding carboxylic acids is 1. The van der Waals surface area contributed by atoms with E-state index < -0.39 is 0 Å². The van der Waals surface area contributed by atoms with Gasteiger partial charge in [0, 0.05) is 6.54 Å². The van der Waals surface area contributed by atoms with Gasteiger partial charge in [-0.1, -0.05) is 18.2 Å². The van der Waals surface area contributed by atoms with E-state index in [0.717, 1.165) is 22.2 Å². The molecule has 4 rings (SSSR count). The van der Waals surface area contributed by atoms with Crippen molar-refractivity contribution >= 4 is 28.4 Å². The van der Waals surface area contributed by atoms with E-state index in [1.54, 1.807) is 17.0 Å². The molecule has 0 radical (unpaired) electrons. The monoisotopic (exact) mass is 376 g/mol. The largest absolute Gasteiger partial charge is 0.510 e. The second kappa shape index (κ2) is 6.84. The van der Waals surface area contributed by atoms with Gasteiger partial charge in [-0.05, 0) is 42.3 Å². The van der Waals surface area contributed by atoms with Gasteiger partial charge < -0.3 is 19.7 Å². The maximum atomic E-state index is 11.5. The van der Waals surface area contributed by atoms with Crippen molar-refractivity contribution in [1.29, 1.82) is 5.41 Å². The molecule has 1 aromatic heterocycles. The fourth-order valence-corrected chi connectivity index (χ4v) is 3.34. The lowest BCUT2D eigenvalue weighted by molar-refractivity contribution is 0.0600. The second-order valence-corrected chi connectivity index (χ2v) is 6.82. The molecule has 7 heteroatoms. The summed E-state index contributed by atoms with van der Waals surface area (Å²) in [5.74, 6) is 0.436. The number of imidazole rings is 1. The molecule has 0 fully saturated rings. The molecule has 0 atom stereocenters. The van der Waals surface area contributed by atoms with Crippen LogP contribution in [0.25, 0.3) is 16.6 Å². The Kier molecular flexibility index (Phi) is 4.35. The van der Waals surface area contributed by atoms with Crippen molar-refractivity contribution in [2.75, 3.05) is 13.7 Å². The highest BCUT2D eigenvalue weighted by Crippen LogP contribution is 2.28. The Hall–Kier alpha value is -3.61. The summed E-state index contributed by atoms with van der Waals surface area (Å²) in [6.07, 6.45) is 0. The number of aromatic amines is 1. The molecule has 0 saturated carbocycles. The number of aliphatic hydroxyl groups excluding tert-OH is 1. The number of nitrogens with zero attached hydrogens (tertiary/aromatic N) is 2. The highest BCUT2D eigenvalue weighted by Gasteiger charge is 2.30. The van der Waals surface area contributed by atoms with Crippen molar-refractivity contribution in [2.45, 2.75) is 13.5 Å². The third-order valence-corrected chi connectivity index (χ3v) is 4.80. The Bertz CT molecular complexity index is 1110. The Morgan fingerprint density at radius 2 is 2.04 bits per heavy atom. The predicted octanol–water partition coefficient (Wildman–Crippen LogP) is 3.42. The van der Waals surface area contributed by atoms with Gasteiger partial charge in [-0.25, -0.2) is 9.78 Å². The van der Waals surface area contributed by atoms with Crippen molar-refractivity contribution in [3.63, 3.8) is 0 Å². The maximum Gasteiger partial charge on any atom is 0.337 e. The van der Waals surface area contributed by atoms with E-state index in [0.29, 0.717) is 23.5 Å². The highest BCUT2D eigenvalue weighted by atomic mass is 16.5. The van der Waals surface area contributed by atoms with Crippen LogP contribution < -0.4 is 0 Å². The van der Waals surface area contributed by atoms with E-state index in [2.05, 4.69) is 9.97 Å². The molecule has 0 aliphatic carbocycles. The van der Waals surface area contributed by atoms with Crippen molar-refractivity contribution in [2.24, 2.45) is 0 Å². The number of hydrogen-bond acceptors (Lipinski definition) is 5. The quantitative estimate of drug-likeness (QED) is 0.606. The molecule has 2 aromatic carbocycles. The van der Waals surface area contributed by atoms with Crippen molar-refractivity contribution in [3.8, 4) is 0 Å². The van der Waals surface area contributed by atoms with Crippen LogP contribution in [0.1, 0.15) is 27.3 Å². The summed E-state index contributed by atoms with van der Waals surface area (Å²) in [6, 6.07) is 12.9. The molecule has 0 unspecified atom stereocenters. The second-order valence-electron chi connectivity index (χ2n) is 6.82. The SMILES string of the molecule is COC(=O)c1ccc(CN2CC(O)=C(c3nc4ccc(C)cc4[nH]3)C2=N)cc1. The first kappa shape index (κ1) is 17.8. The number of nitrogens with one attached hydrogen (secondary N) is 2. The van der Waals surface area contributed by atoms with Crippen LogP contribution in [0.5, 0.6) is 0 Å². The fourth-order valence-electron chi connectivity index (χ4n) is 3.34. The zero-order valence-electron chi connectivity index (χ0n) is 15.6. The number of amidine groups is 1. The average molecular weight is 376 g/mol. The molecule has 1 aliphatic heterocycles. The number of H-pyrrole nitrogens is 1. The number of hydrogen-bond donors (Lipinski definition) is 3. The van der Waals surface area contributed by atoms with Gasteiger partial charge in [0.05, 0.1) is 35.8 Å². The number of benzene rings is 2. The van der Waals surface area contributed by atoms with Crippen LogP contribution in [0.3, 0.4) is 0 Å². The van der Waals surface area contributed by atoms with Gasteiger partial charge in [-0.3, -0.25) is 5.41 Å². The van der Waals surface area contributed by atoms with Crippen molar-refractivity contribution in [1.82, 2.24) is 14.9 Å². The van der Waals surface area contributed by atoms with E-state index in [1.807, 2.05) is 37.3 Å². The zero-order chi connectivity index (χ0) is 19.8. The van der Waals surface area contributed by atoms with Crippen LogP contribution in [0.15, 0.2) is 48.2 Å². The number of aromatic nitrogens is 2. The predicted molar refractivity (Wildman–Crippen MR) is 106 cm³/mol. The summed E-state index contributed by atoms with van der Waals surface area (Å²) in [5, 5.41) is 19.0. The van der Waals surface area contributed by atoms with Gasteiger partial charge in [0.2, 0.25) is 0 Å². The summed E-state index contributed by atoms with van der Waals surface area (Å²) in [5.41, 5.74) is 4.60. The van der Waals surface area contributed by atoms with Crippen LogP contribution in [0, 0.1) is 12.3 Å². The van der Waals surface area contributed by atoms with Crippen molar-refractivity contribution in [3.05, 3.63) is 70.7 Å². The summed E-state index contributed by atoms with van der Waals surface area (Å²) >= 11 is 0. The Balaban J connectivity index is 1.55. The van der Waals surface area contributed by atoms with Crippen LogP contribution in [0.4, 0.5) is 0 Å². The molecule has 0 bridgehead atoms. The van der Waals surface area contributed by atoms with Gasteiger partial charge in [-0.15, -0.1) is 0 Å². The maximum absolute atomic E-state index is 11.5. The minimum Gasteiger partial charge on any atom is -0.510 e. The van der Waals surface area contributed by atoms with Crippen LogP contribution in [-0.4, -0.2) is 45.4 Å². The highest BCUT2D eigenvalue weighted by molar-refractivity contribution is 6.23. The number of fused-ring (bicyclic) bond motifs is 1. The molecule has 28 heavy (non-hydrogen) atoms. The van der Waals surface area contributed by atoms with Gasteiger partial charge in [0.25, 0.3) is 0 Å². The molecule has 0 spiro atoms. The third kappa shape index (κ3) is 3.11. The van der Waals surface area contributed by atoms with E-state index in [1.165, 1.54) is 7.11 Å². The summed E-state index contributed by atoms with van der Waals surface area (Å²) in [7, 11) is 1.34. The first-order chi connectivity index (χ1) is 13.5. The van der Waals surface area contributed by atoms with Crippen molar-refractivity contribution < 1.29 is 14.6 Å². The first-order valence-electron chi connectivity index (χ1n) is 8.86. The van der Waals surface area contributed by atoms with Gasteiger partial charge >= 0.3 is 5.97 Å². The molecule has 3 N–H and O–H groups in total. The van der Waals surface area contributed by atoms with Crippen LogP contribution in [0.2, 0.25) is 0 Å².